The summed E-state index contributed by atoms with van der Waals surface area (Å²) in [5.74, 6) is 1.01. The zero-order valence-corrected chi connectivity index (χ0v) is 33.4. The van der Waals surface area contributed by atoms with Crippen molar-refractivity contribution >= 4 is 40.8 Å². The van der Waals surface area contributed by atoms with Crippen LogP contribution in [0.4, 0.5) is 4.79 Å². The molecule has 0 radical (unpaired) electrons. The molecule has 5 aromatic rings. The number of rotatable bonds is 11. The van der Waals surface area contributed by atoms with Gasteiger partial charge in [0, 0.05) is 59.2 Å². The summed E-state index contributed by atoms with van der Waals surface area (Å²) >= 11 is 14.3. The van der Waals surface area contributed by atoms with Gasteiger partial charge in [0.2, 0.25) is 11.8 Å². The fourth-order valence-electron chi connectivity index (χ4n) is 7.39. The molecule has 2 aromatic carbocycles. The van der Waals surface area contributed by atoms with Crippen molar-refractivity contribution in [3.63, 3.8) is 0 Å². The molecule has 0 spiro atoms. The fourth-order valence-corrected chi connectivity index (χ4v) is 8.05. The van der Waals surface area contributed by atoms with Gasteiger partial charge in [-0.3, -0.25) is 14.0 Å². The van der Waals surface area contributed by atoms with E-state index in [1.54, 1.807) is 46.2 Å². The van der Waals surface area contributed by atoms with Gasteiger partial charge in [0.25, 0.3) is 5.56 Å². The number of benzene rings is 2. The molecule has 1 aliphatic heterocycles. The normalized spacial score (nSPS) is 18.1. The summed E-state index contributed by atoms with van der Waals surface area (Å²) in [7, 11) is 1.62. The number of hydrogen-bond donors (Lipinski definition) is 2. The first-order valence-corrected chi connectivity index (χ1v) is 19.6. The number of nitrogens with one attached hydrogen (secondary N) is 1. The molecule has 4 heterocycles. The van der Waals surface area contributed by atoms with E-state index >= 15 is 0 Å². The van der Waals surface area contributed by atoms with Crippen molar-refractivity contribution in [1.29, 1.82) is 0 Å². The number of carbonyl (C=O) groups excluding carboxylic acids is 2. The maximum absolute atomic E-state index is 13.8. The maximum Gasteiger partial charge on any atom is 0.410 e. The number of nitrogens with zero attached hydrogens (tertiary/aromatic N) is 4. The molecule has 0 unspecified atom stereocenters. The number of pyridine rings is 2. The fraction of sp³-hybridized carbons (Fsp3) is 0.372. The molecule has 2 aliphatic rings. The van der Waals surface area contributed by atoms with Crippen molar-refractivity contribution < 1.29 is 24.2 Å². The minimum absolute atomic E-state index is 0.0376. The molecular formula is C43H45Cl2N5O6. The van der Waals surface area contributed by atoms with Crippen LogP contribution in [0.15, 0.2) is 77.9 Å². The van der Waals surface area contributed by atoms with Crippen LogP contribution in [0.1, 0.15) is 64.0 Å². The second-order valence-corrected chi connectivity index (χ2v) is 16.4. The van der Waals surface area contributed by atoms with Crippen LogP contribution in [-0.4, -0.2) is 67.8 Å². The number of hydrogen-bond acceptors (Lipinski definition) is 8. The molecule has 292 valence electrons. The zero-order chi connectivity index (χ0) is 39.7. The number of aliphatic hydroxyl groups is 1. The van der Waals surface area contributed by atoms with Gasteiger partial charge in [0.05, 0.1) is 41.1 Å². The monoisotopic (exact) mass is 797 g/mol. The van der Waals surface area contributed by atoms with Crippen molar-refractivity contribution in [1.82, 2.24) is 24.6 Å². The molecule has 1 atom stereocenters. The molecule has 1 aliphatic carbocycles. The number of fused-ring (bicyclic) bond motifs is 1. The first-order chi connectivity index (χ1) is 26.8. The summed E-state index contributed by atoms with van der Waals surface area (Å²) in [4.78, 5) is 49.7. The lowest BCUT2D eigenvalue weighted by molar-refractivity contribution is -0.119. The minimum atomic E-state index is -0.743. The van der Waals surface area contributed by atoms with E-state index in [-0.39, 0.29) is 36.7 Å². The Balaban J connectivity index is 1.14. The number of halogens is 2. The van der Waals surface area contributed by atoms with Crippen LogP contribution in [0.5, 0.6) is 5.88 Å². The Morgan fingerprint density at radius 3 is 2.34 bits per heavy atom. The predicted molar refractivity (Wildman–Crippen MR) is 217 cm³/mol. The number of amides is 2. The summed E-state index contributed by atoms with van der Waals surface area (Å²) in [6, 6.07) is 18.8. The molecule has 1 saturated carbocycles. The Bertz CT molecular complexity index is 2350. The molecular weight excluding hydrogens is 753 g/mol. The van der Waals surface area contributed by atoms with Gasteiger partial charge in [-0.1, -0.05) is 65.7 Å². The molecule has 11 nitrogen and oxygen atoms in total. The van der Waals surface area contributed by atoms with E-state index in [1.807, 2.05) is 48.5 Å². The Morgan fingerprint density at radius 2 is 1.68 bits per heavy atom. The highest BCUT2D eigenvalue weighted by molar-refractivity contribution is 6.39. The largest absolute Gasteiger partial charge is 0.481 e. The van der Waals surface area contributed by atoms with E-state index in [0.29, 0.717) is 51.6 Å². The minimum Gasteiger partial charge on any atom is -0.481 e. The van der Waals surface area contributed by atoms with Gasteiger partial charge in [-0.15, -0.1) is 0 Å². The van der Waals surface area contributed by atoms with Crippen LogP contribution in [0, 0.1) is 5.92 Å². The first-order valence-electron chi connectivity index (χ1n) is 18.9. The number of methoxy groups -OCH3 is 1. The first kappa shape index (κ1) is 39.3. The summed E-state index contributed by atoms with van der Waals surface area (Å²) in [6.07, 6.45) is 6.84. The van der Waals surface area contributed by atoms with Gasteiger partial charge < -0.3 is 24.8 Å². The van der Waals surface area contributed by atoms with Gasteiger partial charge in [-0.05, 0) is 82.6 Å². The highest BCUT2D eigenvalue weighted by atomic mass is 35.5. The highest BCUT2D eigenvalue weighted by Gasteiger charge is 2.30. The third kappa shape index (κ3) is 8.55. The summed E-state index contributed by atoms with van der Waals surface area (Å²) in [6.45, 7) is 5.49. The number of aromatic nitrogens is 3. The van der Waals surface area contributed by atoms with E-state index in [1.165, 1.54) is 15.5 Å². The SMILES string of the molecule is COc1nc(-c2cccc(-c3cccc(-c4ccn5c(=O)c(CN(C[C@@H]6CCC(=O)N6)C(=O)OC(C)(C)C)cnc5c4)c3Cl)c2Cl)ccc1CC[C@H]1C[C@H](O)C1. The van der Waals surface area contributed by atoms with Crippen LogP contribution in [0.3, 0.4) is 0 Å². The number of carbonyl (C=O) groups is 2. The lowest BCUT2D eigenvalue weighted by Gasteiger charge is -2.31. The summed E-state index contributed by atoms with van der Waals surface area (Å²) in [5, 5.41) is 13.5. The molecule has 2 amide bonds. The van der Waals surface area contributed by atoms with Gasteiger partial charge in [-0.25, -0.2) is 14.8 Å². The topological polar surface area (TPSA) is 135 Å². The molecule has 3 aromatic heterocycles. The lowest BCUT2D eigenvalue weighted by atomic mass is 9.79. The third-order valence-corrected chi connectivity index (χ3v) is 11.2. The van der Waals surface area contributed by atoms with Gasteiger partial charge in [0.1, 0.15) is 11.2 Å². The van der Waals surface area contributed by atoms with E-state index < -0.39 is 11.7 Å². The average Bonchev–Trinajstić information content (AvgIpc) is 3.57. The zero-order valence-electron chi connectivity index (χ0n) is 31.9. The van der Waals surface area contributed by atoms with Crippen LogP contribution < -0.4 is 15.6 Å². The second-order valence-electron chi connectivity index (χ2n) is 15.6. The maximum atomic E-state index is 13.8. The molecule has 2 N–H and O–H groups in total. The van der Waals surface area contributed by atoms with Crippen molar-refractivity contribution in [2.45, 2.75) is 83.6 Å². The van der Waals surface area contributed by atoms with Gasteiger partial charge >= 0.3 is 6.09 Å². The van der Waals surface area contributed by atoms with Crippen LogP contribution >= 0.6 is 23.2 Å². The van der Waals surface area contributed by atoms with E-state index in [9.17, 15) is 19.5 Å². The standard InChI is InChI=1S/C43H45Cl2N5O6/c1-43(2,3)56-42(54)49(24-29-14-16-37(52)47-29)23-28-22-46-36-21-27(17-18-50(36)41(28)53)31-7-5-8-32(38(31)44)33-9-6-10-34(39(33)45)35-15-13-26(40(48-35)55-4)12-11-25-19-30(51)20-25/h5-10,13,15,17-18,21-22,25,29-30,51H,11-12,14,16,19-20,23-24H2,1-4H3,(H,47,52)/t25-,29-,30-/m0/s1. The van der Waals surface area contributed by atoms with E-state index in [4.69, 9.17) is 37.7 Å². The van der Waals surface area contributed by atoms with Crippen molar-refractivity contribution in [3.05, 3.63) is 105 Å². The number of ether oxygens (including phenoxy) is 2. The number of aryl methyl sites for hydroxylation is 1. The average molecular weight is 799 g/mol. The summed E-state index contributed by atoms with van der Waals surface area (Å²) < 4.78 is 12.8. The molecule has 7 rings (SSSR count). The molecule has 2 fully saturated rings. The Labute approximate surface area is 335 Å². The van der Waals surface area contributed by atoms with E-state index in [2.05, 4.69) is 10.3 Å². The van der Waals surface area contributed by atoms with Gasteiger partial charge in [0.15, 0.2) is 0 Å². The van der Waals surface area contributed by atoms with Crippen molar-refractivity contribution in [2.75, 3.05) is 13.7 Å². The van der Waals surface area contributed by atoms with Crippen molar-refractivity contribution in [3.8, 4) is 39.4 Å². The van der Waals surface area contributed by atoms with Crippen LogP contribution in [0.25, 0.3) is 39.2 Å². The van der Waals surface area contributed by atoms with Crippen molar-refractivity contribution in [2.24, 2.45) is 5.92 Å². The molecule has 56 heavy (non-hydrogen) atoms. The van der Waals surface area contributed by atoms with Crippen LogP contribution in [0.2, 0.25) is 10.0 Å². The number of aliphatic hydroxyl groups excluding tert-OH is 1. The summed E-state index contributed by atoms with van der Waals surface area (Å²) in [5.41, 5.74) is 4.99. The smallest absolute Gasteiger partial charge is 0.410 e. The third-order valence-electron chi connectivity index (χ3n) is 10.4. The highest BCUT2D eigenvalue weighted by Crippen LogP contribution is 2.42. The molecule has 13 heteroatoms. The second kappa shape index (κ2) is 16.3. The Morgan fingerprint density at radius 1 is 0.982 bits per heavy atom. The van der Waals surface area contributed by atoms with E-state index in [0.717, 1.165) is 59.1 Å². The Hall–Kier alpha value is -4.97. The van der Waals surface area contributed by atoms with Crippen LogP contribution in [-0.2, 0) is 22.5 Å². The Kier molecular flexibility index (Phi) is 11.4. The quantitative estimate of drug-likeness (QED) is 0.137. The molecule has 0 bridgehead atoms. The lowest BCUT2D eigenvalue weighted by Crippen LogP contribution is -2.44. The molecule has 1 saturated heterocycles. The predicted octanol–water partition coefficient (Wildman–Crippen LogP) is 8.13. The van der Waals surface area contributed by atoms with Gasteiger partial charge in [-0.2, -0.15) is 0 Å².